The van der Waals surface area contributed by atoms with Crippen LogP contribution in [0.15, 0.2) is 30.5 Å². The Morgan fingerprint density at radius 1 is 1.07 bits per heavy atom. The number of para-hydroxylation sites is 2. The lowest BCUT2D eigenvalue weighted by Crippen LogP contribution is -2.08. The van der Waals surface area contributed by atoms with Gasteiger partial charge in [-0.1, -0.05) is 25.0 Å². The quantitative estimate of drug-likeness (QED) is 0.545. The van der Waals surface area contributed by atoms with Gasteiger partial charge in [0.25, 0.3) is 0 Å². The Labute approximate surface area is 162 Å². The number of hydrogen-bond acceptors (Lipinski definition) is 5. The lowest BCUT2D eigenvalue weighted by atomic mass is 10.2. The summed E-state index contributed by atoms with van der Waals surface area (Å²) >= 11 is 0. The molecule has 0 unspecified atom stereocenters. The van der Waals surface area contributed by atoms with Gasteiger partial charge in [0.15, 0.2) is 17.0 Å². The van der Waals surface area contributed by atoms with Crippen molar-refractivity contribution < 1.29 is 0 Å². The maximum atomic E-state index is 4.97. The number of aromatic amines is 1. The van der Waals surface area contributed by atoms with E-state index in [1.54, 1.807) is 0 Å². The van der Waals surface area contributed by atoms with Crippen LogP contribution in [0, 0.1) is 0 Å². The number of nitrogens with zero attached hydrogens (tertiary/aromatic N) is 5. The van der Waals surface area contributed by atoms with E-state index in [1.807, 2.05) is 30.5 Å². The third-order valence-electron chi connectivity index (χ3n) is 5.95. The molecule has 0 spiro atoms. The van der Waals surface area contributed by atoms with Crippen molar-refractivity contribution in [2.45, 2.75) is 57.0 Å². The molecule has 7 heteroatoms. The molecule has 3 heterocycles. The third-order valence-corrected chi connectivity index (χ3v) is 5.95. The van der Waals surface area contributed by atoms with E-state index >= 15 is 0 Å². The summed E-state index contributed by atoms with van der Waals surface area (Å²) in [6, 6.07) is 8.52. The Morgan fingerprint density at radius 2 is 1.93 bits per heavy atom. The topological polar surface area (TPSA) is 84.3 Å². The van der Waals surface area contributed by atoms with Gasteiger partial charge in [0.2, 0.25) is 0 Å². The van der Waals surface area contributed by atoms with E-state index in [9.17, 15) is 0 Å². The summed E-state index contributed by atoms with van der Waals surface area (Å²) in [6.07, 6.45) is 9.29. The molecule has 0 amide bonds. The largest absolute Gasteiger partial charge is 0.360 e. The van der Waals surface area contributed by atoms with Gasteiger partial charge in [-0.3, -0.25) is 0 Å². The van der Waals surface area contributed by atoms with E-state index < -0.39 is 0 Å². The molecular formula is C21H23N7. The van der Waals surface area contributed by atoms with Gasteiger partial charge in [-0.2, -0.15) is 5.10 Å². The Morgan fingerprint density at radius 3 is 2.75 bits per heavy atom. The van der Waals surface area contributed by atoms with Gasteiger partial charge in [0, 0.05) is 12.1 Å². The summed E-state index contributed by atoms with van der Waals surface area (Å²) in [5, 5.41) is 8.34. The van der Waals surface area contributed by atoms with Gasteiger partial charge >= 0.3 is 0 Å². The van der Waals surface area contributed by atoms with Crippen LogP contribution in [-0.4, -0.2) is 29.7 Å². The summed E-state index contributed by atoms with van der Waals surface area (Å²) in [5.41, 5.74) is 4.95. The molecule has 7 nitrogen and oxygen atoms in total. The zero-order valence-electron chi connectivity index (χ0n) is 15.7. The van der Waals surface area contributed by atoms with Crippen LogP contribution in [0.3, 0.4) is 0 Å². The minimum Gasteiger partial charge on any atom is -0.360 e. The standard InChI is InChI=1S/C21H23N7/c1-2-6-14(5-1)28-21-19(22-11-17(26-21)13-9-10-13)20(27-28)23-12-18-24-15-7-3-4-8-16(15)25-18/h3-4,7-8,11,13-14H,1-2,5-6,9-10,12H2,(H,23,27)(H,24,25). The van der Waals surface area contributed by atoms with Crippen LogP contribution in [0.5, 0.6) is 0 Å². The molecule has 0 saturated heterocycles. The van der Waals surface area contributed by atoms with Crippen molar-refractivity contribution in [2.75, 3.05) is 5.32 Å². The summed E-state index contributed by atoms with van der Waals surface area (Å²) in [5.74, 6) is 2.29. The first-order valence-electron chi connectivity index (χ1n) is 10.3. The SMILES string of the molecule is c1ccc2[nH]c(CNc3nn(C4CCCC4)c4nc(C5CC5)cnc34)nc2c1. The van der Waals surface area contributed by atoms with Crippen LogP contribution in [0.4, 0.5) is 5.82 Å². The Bertz CT molecular complexity index is 1120. The summed E-state index contributed by atoms with van der Waals surface area (Å²) in [6.45, 7) is 0.581. The normalized spacial score (nSPS) is 17.7. The van der Waals surface area contributed by atoms with Gasteiger partial charge in [-0.15, -0.1) is 0 Å². The number of nitrogens with one attached hydrogen (secondary N) is 2. The molecule has 2 fully saturated rings. The van der Waals surface area contributed by atoms with Crippen molar-refractivity contribution in [1.29, 1.82) is 0 Å². The van der Waals surface area contributed by atoms with Crippen LogP contribution in [0.1, 0.15) is 62.0 Å². The molecule has 0 radical (unpaired) electrons. The highest BCUT2D eigenvalue weighted by Crippen LogP contribution is 2.40. The fourth-order valence-electron chi connectivity index (χ4n) is 4.28. The number of anilines is 1. The van der Waals surface area contributed by atoms with E-state index in [2.05, 4.69) is 20.0 Å². The maximum Gasteiger partial charge on any atom is 0.179 e. The molecular weight excluding hydrogens is 350 g/mol. The summed E-state index contributed by atoms with van der Waals surface area (Å²) in [7, 11) is 0. The van der Waals surface area contributed by atoms with E-state index in [4.69, 9.17) is 15.1 Å². The number of aromatic nitrogens is 6. The minimum atomic E-state index is 0.438. The number of benzene rings is 1. The zero-order valence-corrected chi connectivity index (χ0v) is 15.7. The number of H-pyrrole nitrogens is 1. The summed E-state index contributed by atoms with van der Waals surface area (Å²) in [4.78, 5) is 17.7. The Balaban J connectivity index is 1.35. The number of fused-ring (bicyclic) bond motifs is 2. The molecule has 0 bridgehead atoms. The van der Waals surface area contributed by atoms with Crippen molar-refractivity contribution >= 4 is 28.0 Å². The molecule has 1 aromatic carbocycles. The monoisotopic (exact) mass is 373 g/mol. The highest BCUT2D eigenvalue weighted by atomic mass is 15.4. The molecule has 4 aromatic rings. The molecule has 2 aliphatic carbocycles. The molecule has 142 valence electrons. The third kappa shape index (κ3) is 2.73. The van der Waals surface area contributed by atoms with Crippen molar-refractivity contribution in [3.05, 3.63) is 42.0 Å². The predicted octanol–water partition coefficient (Wildman–Crippen LogP) is 4.31. The zero-order chi connectivity index (χ0) is 18.5. The van der Waals surface area contributed by atoms with Crippen molar-refractivity contribution in [3.63, 3.8) is 0 Å². The average molecular weight is 373 g/mol. The van der Waals surface area contributed by atoms with Crippen LogP contribution in [-0.2, 0) is 6.54 Å². The highest BCUT2D eigenvalue weighted by Gasteiger charge is 2.28. The number of hydrogen-bond donors (Lipinski definition) is 2. The minimum absolute atomic E-state index is 0.438. The molecule has 2 N–H and O–H groups in total. The van der Waals surface area contributed by atoms with Crippen LogP contribution in [0.2, 0.25) is 0 Å². The molecule has 0 atom stereocenters. The lowest BCUT2D eigenvalue weighted by molar-refractivity contribution is 0.479. The number of imidazole rings is 1. The van der Waals surface area contributed by atoms with Gasteiger partial charge in [0.1, 0.15) is 5.82 Å². The van der Waals surface area contributed by atoms with Crippen molar-refractivity contribution in [1.82, 2.24) is 29.7 Å². The second-order valence-electron chi connectivity index (χ2n) is 8.03. The van der Waals surface area contributed by atoms with E-state index in [0.29, 0.717) is 18.5 Å². The van der Waals surface area contributed by atoms with Crippen molar-refractivity contribution in [3.8, 4) is 0 Å². The summed E-state index contributed by atoms with van der Waals surface area (Å²) < 4.78 is 2.13. The lowest BCUT2D eigenvalue weighted by Gasteiger charge is -2.10. The molecule has 2 aliphatic rings. The molecule has 2 saturated carbocycles. The van der Waals surface area contributed by atoms with Crippen LogP contribution in [0.25, 0.3) is 22.2 Å². The first-order valence-corrected chi connectivity index (χ1v) is 10.3. The van der Waals surface area contributed by atoms with Gasteiger partial charge in [0.05, 0.1) is 29.3 Å². The Hall–Kier alpha value is -2.96. The first-order chi connectivity index (χ1) is 13.8. The fourth-order valence-corrected chi connectivity index (χ4v) is 4.28. The Kier molecular flexibility index (Phi) is 3.60. The predicted molar refractivity (Wildman–Crippen MR) is 108 cm³/mol. The first kappa shape index (κ1) is 16.0. The van der Waals surface area contributed by atoms with Crippen LogP contribution < -0.4 is 5.32 Å². The average Bonchev–Trinajstić information content (AvgIpc) is 3.14. The van der Waals surface area contributed by atoms with Crippen LogP contribution >= 0.6 is 0 Å². The second-order valence-corrected chi connectivity index (χ2v) is 8.03. The maximum absolute atomic E-state index is 4.97. The van der Waals surface area contributed by atoms with Crippen molar-refractivity contribution in [2.24, 2.45) is 0 Å². The molecule has 0 aliphatic heterocycles. The van der Waals surface area contributed by atoms with Gasteiger partial charge < -0.3 is 10.3 Å². The van der Waals surface area contributed by atoms with E-state index in [-0.39, 0.29) is 0 Å². The molecule has 6 rings (SSSR count). The molecule has 28 heavy (non-hydrogen) atoms. The second kappa shape index (κ2) is 6.29. The van der Waals surface area contributed by atoms with E-state index in [1.165, 1.54) is 38.5 Å². The highest BCUT2D eigenvalue weighted by molar-refractivity contribution is 5.83. The molecule has 3 aromatic heterocycles. The fraction of sp³-hybridized carbons (Fsp3) is 0.429. The van der Waals surface area contributed by atoms with Gasteiger partial charge in [-0.25, -0.2) is 19.6 Å². The number of rotatable bonds is 5. The van der Waals surface area contributed by atoms with Gasteiger partial charge in [-0.05, 0) is 37.8 Å². The van der Waals surface area contributed by atoms with E-state index in [0.717, 1.165) is 39.5 Å². The smallest absolute Gasteiger partial charge is 0.179 e.